The quantitative estimate of drug-likeness (QED) is 0.799. The van der Waals surface area contributed by atoms with Crippen molar-refractivity contribution >= 4 is 17.4 Å². The summed E-state index contributed by atoms with van der Waals surface area (Å²) in [7, 11) is 6.21. The smallest absolute Gasteiger partial charge is 0.128 e. The molecule has 0 aliphatic heterocycles. The van der Waals surface area contributed by atoms with Gasteiger partial charge in [-0.1, -0.05) is 25.4 Å². The number of nitrogens with one attached hydrogen (secondary N) is 1. The molecule has 1 N–H and O–H groups in total. The van der Waals surface area contributed by atoms with Crippen LogP contribution in [0.5, 0.6) is 0 Å². The van der Waals surface area contributed by atoms with E-state index in [4.69, 9.17) is 11.6 Å². The highest BCUT2D eigenvalue weighted by Gasteiger charge is 2.07. The van der Waals surface area contributed by atoms with Crippen molar-refractivity contribution in [2.45, 2.75) is 20.4 Å². The van der Waals surface area contributed by atoms with E-state index in [1.807, 2.05) is 0 Å². The van der Waals surface area contributed by atoms with Gasteiger partial charge in [0.1, 0.15) is 5.82 Å². The first-order valence-corrected chi connectivity index (χ1v) is 7.49. The van der Waals surface area contributed by atoms with Crippen LogP contribution in [0.25, 0.3) is 0 Å². The second-order valence-corrected chi connectivity index (χ2v) is 6.29. The largest absolute Gasteiger partial charge is 0.358 e. The van der Waals surface area contributed by atoms with Crippen molar-refractivity contribution in [2.24, 2.45) is 5.92 Å². The molecule has 1 heterocycles. The maximum atomic E-state index is 6.21. The molecule has 5 heteroatoms. The summed E-state index contributed by atoms with van der Waals surface area (Å²) in [5.74, 6) is 1.61. The van der Waals surface area contributed by atoms with Crippen LogP contribution in [0.2, 0.25) is 5.02 Å². The summed E-state index contributed by atoms with van der Waals surface area (Å²) in [6, 6.07) is 2.07. The van der Waals surface area contributed by atoms with Crippen LogP contribution in [0.4, 0.5) is 5.82 Å². The molecule has 0 fully saturated rings. The third-order valence-corrected chi connectivity index (χ3v) is 3.40. The second kappa shape index (κ2) is 8.45. The number of aromatic nitrogens is 1. The van der Waals surface area contributed by atoms with E-state index >= 15 is 0 Å². The number of hydrogen-bond donors (Lipinski definition) is 1. The van der Waals surface area contributed by atoms with Gasteiger partial charge in [0.25, 0.3) is 0 Å². The molecule has 0 saturated heterocycles. The molecule has 0 atom stereocenters. The van der Waals surface area contributed by atoms with E-state index in [1.165, 1.54) is 0 Å². The third kappa shape index (κ3) is 6.07. The number of halogens is 1. The van der Waals surface area contributed by atoms with Crippen LogP contribution in [0.3, 0.4) is 0 Å². The van der Waals surface area contributed by atoms with Crippen LogP contribution in [0.1, 0.15) is 19.4 Å². The lowest BCUT2D eigenvalue weighted by molar-refractivity contribution is 0.416. The summed E-state index contributed by atoms with van der Waals surface area (Å²) >= 11 is 6.21. The van der Waals surface area contributed by atoms with E-state index in [1.54, 1.807) is 6.20 Å². The predicted octanol–water partition coefficient (Wildman–Crippen LogP) is 2.48. The van der Waals surface area contributed by atoms with Crippen molar-refractivity contribution in [3.05, 3.63) is 22.8 Å². The molecular formula is C15H27ClN4. The molecule has 1 aromatic rings. The number of likely N-dealkylation sites (N-methyl/N-ethyl adjacent to an activating group) is 2. The van der Waals surface area contributed by atoms with E-state index < -0.39 is 0 Å². The zero-order chi connectivity index (χ0) is 15.1. The molecule has 4 nitrogen and oxygen atoms in total. The first kappa shape index (κ1) is 17.2. The highest BCUT2D eigenvalue weighted by atomic mass is 35.5. The van der Waals surface area contributed by atoms with Gasteiger partial charge >= 0.3 is 0 Å². The zero-order valence-corrected chi connectivity index (χ0v) is 14.0. The lowest BCUT2D eigenvalue weighted by Crippen LogP contribution is -2.29. The summed E-state index contributed by atoms with van der Waals surface area (Å²) in [4.78, 5) is 8.73. The Morgan fingerprint density at radius 3 is 2.55 bits per heavy atom. The molecule has 0 aliphatic rings. The van der Waals surface area contributed by atoms with Gasteiger partial charge in [0.15, 0.2) is 0 Å². The minimum Gasteiger partial charge on any atom is -0.358 e. The molecule has 0 saturated carbocycles. The lowest BCUT2D eigenvalue weighted by atomic mass is 10.2. The van der Waals surface area contributed by atoms with Crippen molar-refractivity contribution < 1.29 is 0 Å². The Morgan fingerprint density at radius 1 is 1.25 bits per heavy atom. The van der Waals surface area contributed by atoms with E-state index in [0.29, 0.717) is 5.92 Å². The van der Waals surface area contributed by atoms with Gasteiger partial charge in [-0.15, -0.1) is 0 Å². The van der Waals surface area contributed by atoms with E-state index in [-0.39, 0.29) is 0 Å². The number of rotatable bonds is 8. The fraction of sp³-hybridized carbons (Fsp3) is 0.667. The first-order chi connectivity index (χ1) is 9.40. The average Bonchev–Trinajstić information content (AvgIpc) is 2.37. The Hall–Kier alpha value is -0.840. The Bertz CT molecular complexity index is 407. The number of hydrogen-bond acceptors (Lipinski definition) is 4. The highest BCUT2D eigenvalue weighted by molar-refractivity contribution is 6.31. The molecule has 0 unspecified atom stereocenters. The molecule has 0 radical (unpaired) electrons. The molecule has 114 valence electrons. The van der Waals surface area contributed by atoms with Gasteiger partial charge in [0.05, 0.1) is 5.02 Å². The van der Waals surface area contributed by atoms with E-state index in [2.05, 4.69) is 61.2 Å². The number of nitrogens with zero attached hydrogens (tertiary/aromatic N) is 3. The minimum atomic E-state index is 0.637. The molecule has 20 heavy (non-hydrogen) atoms. The second-order valence-electron chi connectivity index (χ2n) is 5.88. The molecule has 0 aliphatic carbocycles. The predicted molar refractivity (Wildman–Crippen MR) is 87.6 cm³/mol. The van der Waals surface area contributed by atoms with Crippen LogP contribution in [-0.4, -0.2) is 50.7 Å². The summed E-state index contributed by atoms with van der Waals surface area (Å²) in [5, 5.41) is 4.15. The van der Waals surface area contributed by atoms with E-state index in [9.17, 15) is 0 Å². The topological polar surface area (TPSA) is 31.4 Å². The van der Waals surface area contributed by atoms with Gasteiger partial charge in [-0.05, 0) is 38.2 Å². The standard InChI is InChI=1S/C15H27ClN4/c1-12(2)9-17-10-13-8-15(18-11-14(13)16)20(5)7-6-19(3)4/h8,11-12,17H,6-7,9-10H2,1-5H3. The minimum absolute atomic E-state index is 0.637. The lowest BCUT2D eigenvalue weighted by Gasteiger charge is -2.21. The number of anilines is 1. The van der Waals surface area contributed by atoms with Crippen molar-refractivity contribution in [1.29, 1.82) is 0 Å². The SMILES string of the molecule is CC(C)CNCc1cc(N(C)CCN(C)C)ncc1Cl. The first-order valence-electron chi connectivity index (χ1n) is 7.11. The Labute approximate surface area is 128 Å². The molecule has 1 aromatic heterocycles. The molecule has 0 aromatic carbocycles. The van der Waals surface area contributed by atoms with Crippen LogP contribution >= 0.6 is 11.6 Å². The van der Waals surface area contributed by atoms with Gasteiger partial charge in [0, 0.05) is 32.9 Å². The van der Waals surface area contributed by atoms with Gasteiger partial charge in [-0.2, -0.15) is 0 Å². The zero-order valence-electron chi connectivity index (χ0n) is 13.3. The van der Waals surface area contributed by atoms with Gasteiger partial charge in [-0.3, -0.25) is 0 Å². The molecule has 0 amide bonds. The number of pyridine rings is 1. The van der Waals surface area contributed by atoms with Crippen molar-refractivity contribution in [3.8, 4) is 0 Å². The maximum Gasteiger partial charge on any atom is 0.128 e. The van der Waals surface area contributed by atoms with E-state index in [0.717, 1.165) is 42.6 Å². The fourth-order valence-corrected chi connectivity index (χ4v) is 1.94. The van der Waals surface area contributed by atoms with Crippen LogP contribution in [-0.2, 0) is 6.54 Å². The highest BCUT2D eigenvalue weighted by Crippen LogP contribution is 2.19. The normalized spacial score (nSPS) is 11.4. The van der Waals surface area contributed by atoms with Crippen LogP contribution in [0, 0.1) is 5.92 Å². The Morgan fingerprint density at radius 2 is 1.95 bits per heavy atom. The summed E-state index contributed by atoms with van der Waals surface area (Å²) in [5.41, 5.74) is 1.11. The summed E-state index contributed by atoms with van der Waals surface area (Å²) in [6.45, 7) is 8.12. The van der Waals surface area contributed by atoms with Crippen molar-refractivity contribution in [3.63, 3.8) is 0 Å². The monoisotopic (exact) mass is 298 g/mol. The van der Waals surface area contributed by atoms with Crippen LogP contribution < -0.4 is 10.2 Å². The van der Waals surface area contributed by atoms with Crippen molar-refractivity contribution in [2.75, 3.05) is 45.7 Å². The van der Waals surface area contributed by atoms with Gasteiger partial charge in [0.2, 0.25) is 0 Å². The molecular weight excluding hydrogens is 272 g/mol. The third-order valence-electron chi connectivity index (χ3n) is 3.06. The summed E-state index contributed by atoms with van der Waals surface area (Å²) < 4.78 is 0. The Balaban J connectivity index is 2.64. The average molecular weight is 299 g/mol. The van der Waals surface area contributed by atoms with Crippen molar-refractivity contribution in [1.82, 2.24) is 15.2 Å². The van der Waals surface area contributed by atoms with Gasteiger partial charge < -0.3 is 15.1 Å². The molecule has 1 rings (SSSR count). The van der Waals surface area contributed by atoms with Crippen LogP contribution in [0.15, 0.2) is 12.3 Å². The molecule has 0 spiro atoms. The Kier molecular flexibility index (Phi) is 7.27. The fourth-order valence-electron chi connectivity index (χ4n) is 1.77. The van der Waals surface area contributed by atoms with Gasteiger partial charge in [-0.25, -0.2) is 4.98 Å². The summed E-state index contributed by atoms with van der Waals surface area (Å²) in [6.07, 6.45) is 1.75. The maximum absolute atomic E-state index is 6.21. The molecule has 0 bridgehead atoms.